The fraction of sp³-hybridized carbons (Fsp3) is 0.391. The molecule has 2 N–H and O–H groups in total. The third-order valence-electron chi connectivity index (χ3n) is 4.88. The summed E-state index contributed by atoms with van der Waals surface area (Å²) in [7, 11) is 0. The van der Waals surface area contributed by atoms with Crippen LogP contribution in [0.5, 0.6) is 0 Å². The molecule has 0 unspecified atom stereocenters. The van der Waals surface area contributed by atoms with Crippen LogP contribution >= 0.6 is 0 Å². The molecule has 1 saturated heterocycles. The van der Waals surface area contributed by atoms with Gasteiger partial charge >= 0.3 is 5.97 Å². The number of ether oxygens (including phenoxy) is 1. The lowest BCUT2D eigenvalue weighted by molar-refractivity contribution is -0.114. The molecule has 0 saturated carbocycles. The van der Waals surface area contributed by atoms with Crippen molar-refractivity contribution in [3.8, 4) is 0 Å². The van der Waals surface area contributed by atoms with Crippen LogP contribution < -0.4 is 15.5 Å². The predicted octanol–water partition coefficient (Wildman–Crippen LogP) is 4.29. The van der Waals surface area contributed by atoms with E-state index < -0.39 is 0 Å². The molecule has 0 aliphatic carbocycles. The smallest absolute Gasteiger partial charge is 0.338 e. The number of amides is 1. The molecule has 1 amide bonds. The fourth-order valence-corrected chi connectivity index (χ4v) is 3.30. The van der Waals surface area contributed by atoms with E-state index in [1.807, 2.05) is 19.1 Å². The van der Waals surface area contributed by atoms with Gasteiger partial charge in [0.2, 0.25) is 5.91 Å². The van der Waals surface area contributed by atoms with Gasteiger partial charge in [-0.1, -0.05) is 6.92 Å². The van der Waals surface area contributed by atoms with E-state index in [0.29, 0.717) is 12.2 Å². The molecule has 154 valence electrons. The maximum atomic E-state index is 12.2. The van der Waals surface area contributed by atoms with Crippen LogP contribution in [0, 0.1) is 0 Å². The Morgan fingerprint density at radius 2 is 1.59 bits per heavy atom. The molecule has 3 rings (SSSR count). The van der Waals surface area contributed by atoms with E-state index in [2.05, 4.69) is 27.7 Å². The largest absolute Gasteiger partial charge is 0.462 e. The lowest BCUT2D eigenvalue weighted by Gasteiger charge is -2.28. The first-order chi connectivity index (χ1) is 14.2. The van der Waals surface area contributed by atoms with Crippen LogP contribution in [0.3, 0.4) is 0 Å². The van der Waals surface area contributed by atoms with Crippen molar-refractivity contribution in [3.63, 3.8) is 0 Å². The molecule has 0 atom stereocenters. The minimum Gasteiger partial charge on any atom is -0.462 e. The number of hydrogen-bond donors (Lipinski definition) is 2. The zero-order valence-electron chi connectivity index (χ0n) is 16.9. The van der Waals surface area contributed by atoms with Crippen molar-refractivity contribution >= 4 is 28.9 Å². The second-order valence-electron chi connectivity index (χ2n) is 7.21. The standard InChI is InChI=1S/C23H29N3O3/c1-2-16-29-23(28)18-6-8-19(9-7-18)24-17-22(27)25-20-10-12-21(13-11-20)26-14-4-3-5-15-26/h6-13,24H,2-5,14-17H2,1H3,(H,25,27). The average molecular weight is 396 g/mol. The first-order valence-corrected chi connectivity index (χ1v) is 10.3. The number of carbonyl (C=O) groups is 2. The molecule has 1 fully saturated rings. The van der Waals surface area contributed by atoms with Crippen LogP contribution in [0.15, 0.2) is 48.5 Å². The predicted molar refractivity (Wildman–Crippen MR) is 117 cm³/mol. The summed E-state index contributed by atoms with van der Waals surface area (Å²) in [5, 5.41) is 5.97. The average Bonchev–Trinajstić information content (AvgIpc) is 2.77. The van der Waals surface area contributed by atoms with E-state index in [0.717, 1.165) is 30.9 Å². The minimum atomic E-state index is -0.329. The number of esters is 1. The first kappa shape index (κ1) is 20.7. The van der Waals surface area contributed by atoms with Crippen LogP contribution in [0.25, 0.3) is 0 Å². The molecular weight excluding hydrogens is 366 g/mol. The highest BCUT2D eigenvalue weighted by atomic mass is 16.5. The Morgan fingerprint density at radius 3 is 2.24 bits per heavy atom. The SMILES string of the molecule is CCCOC(=O)c1ccc(NCC(=O)Nc2ccc(N3CCCCC3)cc2)cc1. The Kier molecular flexibility index (Phi) is 7.50. The molecule has 1 aliphatic rings. The van der Waals surface area contributed by atoms with Crippen molar-refractivity contribution in [2.45, 2.75) is 32.6 Å². The third-order valence-corrected chi connectivity index (χ3v) is 4.88. The Morgan fingerprint density at radius 1 is 0.931 bits per heavy atom. The van der Waals surface area contributed by atoms with Gasteiger partial charge in [0.1, 0.15) is 0 Å². The highest BCUT2D eigenvalue weighted by molar-refractivity contribution is 5.94. The van der Waals surface area contributed by atoms with Gasteiger partial charge in [0.25, 0.3) is 0 Å². The molecule has 29 heavy (non-hydrogen) atoms. The van der Waals surface area contributed by atoms with Crippen LogP contribution in [-0.4, -0.2) is 38.1 Å². The summed E-state index contributed by atoms with van der Waals surface area (Å²) in [6.07, 6.45) is 4.58. The summed E-state index contributed by atoms with van der Waals surface area (Å²) in [5.41, 5.74) is 3.26. The van der Waals surface area contributed by atoms with Gasteiger partial charge in [-0.3, -0.25) is 4.79 Å². The lowest BCUT2D eigenvalue weighted by Crippen LogP contribution is -2.29. The zero-order chi connectivity index (χ0) is 20.5. The van der Waals surface area contributed by atoms with Crippen molar-refractivity contribution < 1.29 is 14.3 Å². The summed E-state index contributed by atoms with van der Waals surface area (Å²) in [4.78, 5) is 26.4. The van der Waals surface area contributed by atoms with E-state index in [9.17, 15) is 9.59 Å². The van der Waals surface area contributed by atoms with Gasteiger partial charge in [-0.05, 0) is 74.2 Å². The molecule has 2 aromatic rings. The summed E-state index contributed by atoms with van der Waals surface area (Å²) in [6, 6.07) is 14.9. The van der Waals surface area contributed by atoms with Crippen LogP contribution in [0.4, 0.5) is 17.1 Å². The molecule has 0 bridgehead atoms. The Balaban J connectivity index is 1.45. The van der Waals surface area contributed by atoms with Gasteiger partial charge < -0.3 is 20.3 Å². The van der Waals surface area contributed by atoms with Gasteiger partial charge in [-0.15, -0.1) is 0 Å². The number of nitrogens with one attached hydrogen (secondary N) is 2. The van der Waals surface area contributed by atoms with Gasteiger partial charge in [-0.2, -0.15) is 0 Å². The van der Waals surface area contributed by atoms with Crippen molar-refractivity contribution in [1.82, 2.24) is 0 Å². The van der Waals surface area contributed by atoms with Crippen LogP contribution in [-0.2, 0) is 9.53 Å². The molecule has 0 radical (unpaired) electrons. The van der Waals surface area contributed by atoms with Gasteiger partial charge in [0, 0.05) is 30.2 Å². The van der Waals surface area contributed by atoms with Crippen molar-refractivity contribution in [2.75, 3.05) is 41.8 Å². The molecule has 1 aliphatic heterocycles. The number of nitrogens with zero attached hydrogens (tertiary/aromatic N) is 1. The second kappa shape index (κ2) is 10.5. The maximum Gasteiger partial charge on any atom is 0.338 e. The Labute approximate surface area is 172 Å². The molecule has 0 aromatic heterocycles. The molecule has 6 heteroatoms. The molecule has 2 aromatic carbocycles. The number of hydrogen-bond acceptors (Lipinski definition) is 5. The van der Waals surface area contributed by atoms with Crippen molar-refractivity contribution in [3.05, 3.63) is 54.1 Å². The summed E-state index contributed by atoms with van der Waals surface area (Å²) < 4.78 is 5.10. The number of benzene rings is 2. The normalized spacial score (nSPS) is 13.6. The van der Waals surface area contributed by atoms with E-state index in [1.54, 1.807) is 24.3 Å². The fourth-order valence-electron chi connectivity index (χ4n) is 3.30. The number of carbonyl (C=O) groups excluding carboxylic acids is 2. The second-order valence-corrected chi connectivity index (χ2v) is 7.21. The van der Waals surface area contributed by atoms with E-state index in [1.165, 1.54) is 24.9 Å². The van der Waals surface area contributed by atoms with E-state index >= 15 is 0 Å². The maximum absolute atomic E-state index is 12.2. The Bertz CT molecular complexity index is 797. The third kappa shape index (κ3) is 6.24. The summed E-state index contributed by atoms with van der Waals surface area (Å²) >= 11 is 0. The number of rotatable bonds is 8. The van der Waals surface area contributed by atoms with Gasteiger partial charge in [-0.25, -0.2) is 4.79 Å². The summed E-state index contributed by atoms with van der Waals surface area (Å²) in [5.74, 6) is -0.453. The lowest BCUT2D eigenvalue weighted by atomic mass is 10.1. The quantitative estimate of drug-likeness (QED) is 0.653. The van der Waals surface area contributed by atoms with Gasteiger partial charge in [0.15, 0.2) is 0 Å². The zero-order valence-corrected chi connectivity index (χ0v) is 16.9. The van der Waals surface area contributed by atoms with Crippen LogP contribution in [0.1, 0.15) is 43.0 Å². The molecule has 1 heterocycles. The Hall–Kier alpha value is -3.02. The summed E-state index contributed by atoms with van der Waals surface area (Å²) in [6.45, 7) is 4.72. The molecule has 6 nitrogen and oxygen atoms in total. The molecular formula is C23H29N3O3. The highest BCUT2D eigenvalue weighted by Gasteiger charge is 2.11. The highest BCUT2D eigenvalue weighted by Crippen LogP contribution is 2.21. The van der Waals surface area contributed by atoms with E-state index in [-0.39, 0.29) is 18.4 Å². The van der Waals surface area contributed by atoms with Crippen molar-refractivity contribution in [1.29, 1.82) is 0 Å². The van der Waals surface area contributed by atoms with Crippen LogP contribution in [0.2, 0.25) is 0 Å². The molecule has 0 spiro atoms. The monoisotopic (exact) mass is 395 g/mol. The number of piperidine rings is 1. The minimum absolute atomic E-state index is 0.123. The first-order valence-electron chi connectivity index (χ1n) is 10.3. The van der Waals surface area contributed by atoms with Crippen molar-refractivity contribution in [2.24, 2.45) is 0 Å². The number of anilines is 3. The topological polar surface area (TPSA) is 70.7 Å². The van der Waals surface area contributed by atoms with Gasteiger partial charge in [0.05, 0.1) is 18.7 Å². The van der Waals surface area contributed by atoms with E-state index in [4.69, 9.17) is 4.74 Å².